The number of hydrogen-bond acceptors (Lipinski definition) is 9. The Bertz CT molecular complexity index is 1430. The minimum absolute atomic E-state index is 0.00569. The Kier molecular flexibility index (Phi) is 7.55. The molecule has 200 valence electrons. The predicted molar refractivity (Wildman–Crippen MR) is 146 cm³/mol. The highest BCUT2D eigenvalue weighted by Gasteiger charge is 2.33. The molecular formula is C25H28ClFN8O2S. The van der Waals surface area contributed by atoms with E-state index in [2.05, 4.69) is 20.3 Å². The van der Waals surface area contributed by atoms with E-state index in [1.54, 1.807) is 29.0 Å². The first-order valence-corrected chi connectivity index (χ1v) is 13.6. The van der Waals surface area contributed by atoms with Crippen molar-refractivity contribution in [2.24, 2.45) is 5.73 Å². The molecule has 0 spiro atoms. The Morgan fingerprint density at radius 3 is 2.71 bits per heavy atom. The molecule has 2 aliphatic rings. The SMILES string of the molecule is NCC1(F)CCN(c2cnc(Sc3cccc(NC(=O)c4cnc5n(c4=O)CCCC5)c3Cl)c(N)n2)CC1. The Labute approximate surface area is 228 Å². The Morgan fingerprint density at radius 1 is 1.18 bits per heavy atom. The van der Waals surface area contributed by atoms with Crippen LogP contribution in [-0.2, 0) is 13.0 Å². The number of piperidine rings is 1. The second-order valence-electron chi connectivity index (χ2n) is 9.44. The van der Waals surface area contributed by atoms with E-state index in [0.717, 1.165) is 19.3 Å². The molecule has 3 aromatic rings. The third-order valence-corrected chi connectivity index (χ3v) is 8.51. The van der Waals surface area contributed by atoms with Crippen molar-refractivity contribution in [1.82, 2.24) is 19.5 Å². The smallest absolute Gasteiger partial charge is 0.266 e. The van der Waals surface area contributed by atoms with Crippen molar-refractivity contribution in [2.75, 3.05) is 35.6 Å². The summed E-state index contributed by atoms with van der Waals surface area (Å²) in [6, 6.07) is 5.15. The number of rotatable bonds is 6. The normalized spacial score (nSPS) is 16.7. The molecule has 13 heteroatoms. The van der Waals surface area contributed by atoms with Crippen LogP contribution in [0.3, 0.4) is 0 Å². The molecule has 2 aliphatic heterocycles. The van der Waals surface area contributed by atoms with Crippen LogP contribution in [0.1, 0.15) is 41.9 Å². The number of halogens is 2. The number of aryl methyl sites for hydroxylation is 1. The third-order valence-electron chi connectivity index (χ3n) is 6.93. The lowest BCUT2D eigenvalue weighted by molar-refractivity contribution is 0.102. The molecule has 0 saturated carbocycles. The van der Waals surface area contributed by atoms with Crippen LogP contribution in [0.15, 0.2) is 45.3 Å². The van der Waals surface area contributed by atoms with Gasteiger partial charge in [0.25, 0.3) is 11.5 Å². The van der Waals surface area contributed by atoms with Gasteiger partial charge in [0.05, 0.1) is 16.9 Å². The van der Waals surface area contributed by atoms with Gasteiger partial charge in [0.15, 0.2) is 5.82 Å². The zero-order valence-corrected chi connectivity index (χ0v) is 22.2. The molecule has 10 nitrogen and oxygen atoms in total. The molecule has 38 heavy (non-hydrogen) atoms. The van der Waals surface area contributed by atoms with Crippen molar-refractivity contribution in [3.05, 3.63) is 57.4 Å². The molecule has 1 aromatic carbocycles. The molecule has 2 aromatic heterocycles. The maximum atomic E-state index is 14.4. The van der Waals surface area contributed by atoms with E-state index >= 15 is 0 Å². The van der Waals surface area contributed by atoms with Gasteiger partial charge in [-0.15, -0.1) is 0 Å². The minimum atomic E-state index is -1.34. The molecule has 4 heterocycles. The molecule has 5 rings (SSSR count). The summed E-state index contributed by atoms with van der Waals surface area (Å²) in [6.07, 6.45) is 6.14. The number of alkyl halides is 1. The number of nitrogens with two attached hydrogens (primary N) is 2. The van der Waals surface area contributed by atoms with E-state index < -0.39 is 11.6 Å². The highest BCUT2D eigenvalue weighted by atomic mass is 35.5. The lowest BCUT2D eigenvalue weighted by Crippen LogP contribution is -2.46. The van der Waals surface area contributed by atoms with Gasteiger partial charge >= 0.3 is 0 Å². The van der Waals surface area contributed by atoms with Crippen LogP contribution in [0.2, 0.25) is 5.02 Å². The first-order valence-electron chi connectivity index (χ1n) is 12.4. The van der Waals surface area contributed by atoms with Crippen LogP contribution < -0.4 is 27.2 Å². The summed E-state index contributed by atoms with van der Waals surface area (Å²) in [5, 5.41) is 3.44. The third kappa shape index (κ3) is 5.33. The number of anilines is 3. The Hall–Kier alpha value is -3.22. The van der Waals surface area contributed by atoms with E-state index in [1.807, 2.05) is 4.90 Å². The number of nitrogens with one attached hydrogen (secondary N) is 1. The van der Waals surface area contributed by atoms with Gasteiger partial charge in [-0.2, -0.15) is 0 Å². The van der Waals surface area contributed by atoms with Gasteiger partial charge < -0.3 is 21.7 Å². The van der Waals surface area contributed by atoms with Gasteiger partial charge in [-0.1, -0.05) is 29.4 Å². The van der Waals surface area contributed by atoms with E-state index in [0.29, 0.717) is 59.7 Å². The number of aromatic nitrogens is 4. The van der Waals surface area contributed by atoms with E-state index in [4.69, 9.17) is 23.1 Å². The minimum Gasteiger partial charge on any atom is -0.381 e. The van der Waals surface area contributed by atoms with Crippen LogP contribution >= 0.6 is 23.4 Å². The number of nitrogens with zero attached hydrogens (tertiary/aromatic N) is 5. The van der Waals surface area contributed by atoms with Crippen LogP contribution in [0.4, 0.5) is 21.7 Å². The van der Waals surface area contributed by atoms with Crippen molar-refractivity contribution < 1.29 is 9.18 Å². The summed E-state index contributed by atoms with van der Waals surface area (Å²) < 4.78 is 16.0. The van der Waals surface area contributed by atoms with Crippen molar-refractivity contribution >= 4 is 46.6 Å². The molecule has 0 radical (unpaired) electrons. The lowest BCUT2D eigenvalue weighted by atomic mass is 9.93. The highest BCUT2D eigenvalue weighted by molar-refractivity contribution is 7.99. The van der Waals surface area contributed by atoms with E-state index in [9.17, 15) is 14.0 Å². The first kappa shape index (κ1) is 26.4. The molecule has 0 aliphatic carbocycles. The number of hydrogen-bond donors (Lipinski definition) is 3. The van der Waals surface area contributed by atoms with Crippen LogP contribution in [0, 0.1) is 0 Å². The molecule has 0 bridgehead atoms. The van der Waals surface area contributed by atoms with Crippen molar-refractivity contribution in [3.63, 3.8) is 0 Å². The van der Waals surface area contributed by atoms with Gasteiger partial charge in [0, 0.05) is 56.5 Å². The quantitative estimate of drug-likeness (QED) is 0.415. The molecule has 1 fully saturated rings. The Morgan fingerprint density at radius 2 is 1.97 bits per heavy atom. The van der Waals surface area contributed by atoms with Gasteiger partial charge in [-0.3, -0.25) is 14.2 Å². The fourth-order valence-electron chi connectivity index (χ4n) is 4.60. The number of benzene rings is 1. The maximum Gasteiger partial charge on any atom is 0.266 e. The molecule has 5 N–H and O–H groups in total. The molecule has 0 atom stereocenters. The summed E-state index contributed by atoms with van der Waals surface area (Å²) in [5.41, 5.74) is 10.4. The van der Waals surface area contributed by atoms with Gasteiger partial charge in [-0.05, 0) is 25.0 Å². The number of fused-ring (bicyclic) bond motifs is 1. The average molecular weight is 559 g/mol. The van der Waals surface area contributed by atoms with Crippen LogP contribution in [0.25, 0.3) is 0 Å². The van der Waals surface area contributed by atoms with Crippen LogP contribution in [0.5, 0.6) is 0 Å². The average Bonchev–Trinajstić information content (AvgIpc) is 2.92. The molecular weight excluding hydrogens is 531 g/mol. The molecule has 0 unspecified atom stereocenters. The van der Waals surface area contributed by atoms with E-state index in [1.165, 1.54) is 18.0 Å². The fraction of sp³-hybridized carbons (Fsp3) is 0.400. The van der Waals surface area contributed by atoms with Crippen molar-refractivity contribution in [2.45, 2.75) is 54.2 Å². The molecule has 1 amide bonds. The number of carbonyl (C=O) groups is 1. The summed E-state index contributed by atoms with van der Waals surface area (Å²) >= 11 is 7.82. The van der Waals surface area contributed by atoms with Crippen LogP contribution in [-0.4, -0.2) is 50.7 Å². The Balaban J connectivity index is 1.30. The second-order valence-corrected chi connectivity index (χ2v) is 10.8. The summed E-state index contributed by atoms with van der Waals surface area (Å²) in [5.74, 6) is 0.903. The summed E-state index contributed by atoms with van der Waals surface area (Å²) in [4.78, 5) is 41.5. The second kappa shape index (κ2) is 10.9. The van der Waals surface area contributed by atoms with Crippen molar-refractivity contribution in [3.8, 4) is 0 Å². The van der Waals surface area contributed by atoms with Gasteiger partial charge in [0.2, 0.25) is 0 Å². The predicted octanol–water partition coefficient (Wildman–Crippen LogP) is 3.28. The summed E-state index contributed by atoms with van der Waals surface area (Å²) in [6.45, 7) is 1.51. The van der Waals surface area contributed by atoms with E-state index in [-0.39, 0.29) is 28.5 Å². The number of carbonyl (C=O) groups excluding carboxylic acids is 1. The van der Waals surface area contributed by atoms with Crippen molar-refractivity contribution in [1.29, 1.82) is 0 Å². The van der Waals surface area contributed by atoms with Gasteiger partial charge in [0.1, 0.15) is 27.9 Å². The monoisotopic (exact) mass is 558 g/mol. The lowest BCUT2D eigenvalue weighted by Gasteiger charge is -2.36. The van der Waals surface area contributed by atoms with Gasteiger partial charge in [-0.25, -0.2) is 19.3 Å². The largest absolute Gasteiger partial charge is 0.381 e. The topological polar surface area (TPSA) is 145 Å². The zero-order valence-electron chi connectivity index (χ0n) is 20.6. The standard InChI is InChI=1S/C25H28ClFN8O2S/c26-20-16(32-22(36)15-12-30-18-6-1-2-9-35(18)24(15)37)4-3-5-17(20)38-23-21(29)33-19(13-31-23)34-10-7-25(27,14-28)8-11-34/h3-5,12-13H,1-2,6-11,14,28H2,(H2,29,33)(H,32,36). The summed E-state index contributed by atoms with van der Waals surface area (Å²) in [7, 11) is 0. The first-order chi connectivity index (χ1) is 18.3. The zero-order chi connectivity index (χ0) is 26.9. The molecule has 1 saturated heterocycles. The highest BCUT2D eigenvalue weighted by Crippen LogP contribution is 2.39. The number of nitrogen functional groups attached to an aromatic ring is 1. The number of amides is 1. The maximum absolute atomic E-state index is 14.4. The fourth-order valence-corrected chi connectivity index (χ4v) is 5.70.